The summed E-state index contributed by atoms with van der Waals surface area (Å²) in [6.07, 6.45) is 0.325. The van der Waals surface area contributed by atoms with Gasteiger partial charge in [-0.2, -0.15) is 5.26 Å². The van der Waals surface area contributed by atoms with E-state index >= 15 is 0 Å². The van der Waals surface area contributed by atoms with E-state index in [-0.39, 0.29) is 5.91 Å². The molecule has 0 atom stereocenters. The molecule has 0 radical (unpaired) electrons. The third kappa shape index (κ3) is 4.67. The van der Waals surface area contributed by atoms with E-state index < -0.39 is 0 Å². The number of nitrogens with zero attached hydrogens (tertiary/aromatic N) is 2. The first-order chi connectivity index (χ1) is 10.0. The Hall–Kier alpha value is -2.22. The van der Waals surface area contributed by atoms with Gasteiger partial charge in [0.05, 0.1) is 26.7 Å². The molecule has 0 saturated carbocycles. The van der Waals surface area contributed by atoms with Gasteiger partial charge in [0.25, 0.3) is 5.91 Å². The van der Waals surface area contributed by atoms with Crippen LogP contribution in [-0.2, 0) is 0 Å². The van der Waals surface area contributed by atoms with Crippen molar-refractivity contribution >= 4 is 5.91 Å². The third-order valence-electron chi connectivity index (χ3n) is 3.00. The fourth-order valence-corrected chi connectivity index (χ4v) is 2.05. The molecule has 0 heterocycles. The van der Waals surface area contributed by atoms with Crippen LogP contribution in [0.15, 0.2) is 18.2 Å². The van der Waals surface area contributed by atoms with Gasteiger partial charge < -0.3 is 14.4 Å². The fourth-order valence-electron chi connectivity index (χ4n) is 2.05. The van der Waals surface area contributed by atoms with Gasteiger partial charge >= 0.3 is 0 Å². The maximum atomic E-state index is 12.6. The van der Waals surface area contributed by atoms with E-state index in [0.29, 0.717) is 42.5 Å². The second-order valence-corrected chi connectivity index (χ2v) is 5.12. The molecule has 5 heteroatoms. The Balaban J connectivity index is 2.99. The van der Waals surface area contributed by atoms with Gasteiger partial charge in [-0.15, -0.1) is 0 Å². The van der Waals surface area contributed by atoms with E-state index in [4.69, 9.17) is 14.7 Å². The number of ether oxygens (including phenoxy) is 2. The van der Waals surface area contributed by atoms with Gasteiger partial charge in [-0.1, -0.05) is 13.8 Å². The quantitative estimate of drug-likeness (QED) is 0.774. The van der Waals surface area contributed by atoms with Crippen LogP contribution in [-0.4, -0.2) is 38.1 Å². The van der Waals surface area contributed by atoms with Crippen molar-refractivity contribution < 1.29 is 14.3 Å². The van der Waals surface area contributed by atoms with Gasteiger partial charge in [0.2, 0.25) is 0 Å². The van der Waals surface area contributed by atoms with Crippen LogP contribution in [0, 0.1) is 17.2 Å². The molecular weight excluding hydrogens is 268 g/mol. The Morgan fingerprint density at radius 3 is 2.48 bits per heavy atom. The molecule has 1 rings (SSSR count). The van der Waals surface area contributed by atoms with E-state index in [1.165, 1.54) is 7.11 Å². The summed E-state index contributed by atoms with van der Waals surface area (Å²) in [6.45, 7) is 5.14. The topological polar surface area (TPSA) is 62.6 Å². The molecule has 21 heavy (non-hydrogen) atoms. The molecule has 0 fully saturated rings. The van der Waals surface area contributed by atoms with Crippen LogP contribution >= 0.6 is 0 Å². The maximum Gasteiger partial charge on any atom is 0.254 e. The highest BCUT2D eigenvalue weighted by atomic mass is 16.5. The zero-order valence-electron chi connectivity index (χ0n) is 13.0. The van der Waals surface area contributed by atoms with Crippen LogP contribution in [0.25, 0.3) is 0 Å². The molecule has 0 aromatic heterocycles. The Morgan fingerprint density at radius 1 is 1.29 bits per heavy atom. The molecule has 1 aromatic rings. The number of amides is 1. The first-order valence-corrected chi connectivity index (χ1v) is 6.91. The lowest BCUT2D eigenvalue weighted by Gasteiger charge is -2.24. The standard InChI is InChI=1S/C16H22N2O3/c1-12(2)11-18(9-5-8-17)16(19)13-6-7-14(20-3)15(10-13)21-4/h6-7,10,12H,5,9,11H2,1-4H3. The SMILES string of the molecule is COc1ccc(C(=O)N(CCC#N)CC(C)C)cc1OC. The number of hydrogen-bond acceptors (Lipinski definition) is 4. The molecule has 5 nitrogen and oxygen atoms in total. The molecule has 1 amide bonds. The summed E-state index contributed by atoms with van der Waals surface area (Å²) in [5.74, 6) is 1.35. The first kappa shape index (κ1) is 16.8. The minimum Gasteiger partial charge on any atom is -0.493 e. The molecule has 0 saturated heterocycles. The van der Waals surface area contributed by atoms with Crippen molar-refractivity contribution in [2.24, 2.45) is 5.92 Å². The monoisotopic (exact) mass is 290 g/mol. The lowest BCUT2D eigenvalue weighted by molar-refractivity contribution is 0.0739. The lowest BCUT2D eigenvalue weighted by atomic mass is 10.1. The molecule has 0 unspecified atom stereocenters. The average molecular weight is 290 g/mol. The van der Waals surface area contributed by atoms with Crippen molar-refractivity contribution in [2.75, 3.05) is 27.3 Å². The molecule has 0 aliphatic rings. The molecule has 0 spiro atoms. The molecule has 0 bridgehead atoms. The number of nitriles is 1. The van der Waals surface area contributed by atoms with Crippen LogP contribution < -0.4 is 9.47 Å². The zero-order chi connectivity index (χ0) is 15.8. The van der Waals surface area contributed by atoms with Gasteiger partial charge in [0, 0.05) is 18.7 Å². The number of carbonyl (C=O) groups excluding carboxylic acids is 1. The number of benzene rings is 1. The summed E-state index contributed by atoms with van der Waals surface area (Å²) in [5.41, 5.74) is 0.534. The van der Waals surface area contributed by atoms with Gasteiger partial charge in [-0.05, 0) is 24.1 Å². The minimum absolute atomic E-state index is 0.0973. The van der Waals surface area contributed by atoms with Crippen LogP contribution in [0.3, 0.4) is 0 Å². The van der Waals surface area contributed by atoms with E-state index in [1.807, 2.05) is 13.8 Å². The van der Waals surface area contributed by atoms with Crippen molar-refractivity contribution in [3.05, 3.63) is 23.8 Å². The molecular formula is C16H22N2O3. The minimum atomic E-state index is -0.0973. The summed E-state index contributed by atoms with van der Waals surface area (Å²) in [5, 5.41) is 8.73. The highest BCUT2D eigenvalue weighted by molar-refractivity contribution is 5.95. The highest BCUT2D eigenvalue weighted by Crippen LogP contribution is 2.28. The highest BCUT2D eigenvalue weighted by Gasteiger charge is 2.18. The molecule has 0 N–H and O–H groups in total. The summed E-state index contributed by atoms with van der Waals surface area (Å²) in [4.78, 5) is 14.3. The molecule has 0 aliphatic carbocycles. The van der Waals surface area contributed by atoms with Crippen molar-refractivity contribution in [2.45, 2.75) is 20.3 Å². The van der Waals surface area contributed by atoms with Crippen LogP contribution in [0.4, 0.5) is 0 Å². The Kier molecular flexibility index (Phi) is 6.54. The van der Waals surface area contributed by atoms with Crippen LogP contribution in [0.2, 0.25) is 0 Å². The summed E-state index contributed by atoms with van der Waals surface area (Å²) in [7, 11) is 3.09. The van der Waals surface area contributed by atoms with Gasteiger partial charge in [0.15, 0.2) is 11.5 Å². The summed E-state index contributed by atoms with van der Waals surface area (Å²) >= 11 is 0. The van der Waals surface area contributed by atoms with E-state index in [2.05, 4.69) is 6.07 Å². The first-order valence-electron chi connectivity index (χ1n) is 6.91. The number of carbonyl (C=O) groups is 1. The van der Waals surface area contributed by atoms with Gasteiger partial charge in [0.1, 0.15) is 0 Å². The zero-order valence-corrected chi connectivity index (χ0v) is 13.0. The lowest BCUT2D eigenvalue weighted by Crippen LogP contribution is -2.35. The molecule has 114 valence electrons. The number of rotatable bonds is 7. The molecule has 1 aromatic carbocycles. The second kappa shape index (κ2) is 8.15. The van der Waals surface area contributed by atoms with Crippen molar-refractivity contribution in [3.63, 3.8) is 0 Å². The predicted octanol–water partition coefficient (Wildman–Crippen LogP) is 2.72. The number of methoxy groups -OCH3 is 2. The summed E-state index contributed by atoms with van der Waals surface area (Å²) in [6, 6.07) is 7.17. The van der Waals surface area contributed by atoms with Crippen LogP contribution in [0.5, 0.6) is 11.5 Å². The second-order valence-electron chi connectivity index (χ2n) is 5.12. The van der Waals surface area contributed by atoms with Crippen molar-refractivity contribution in [3.8, 4) is 17.6 Å². The van der Waals surface area contributed by atoms with Gasteiger partial charge in [-0.25, -0.2) is 0 Å². The van der Waals surface area contributed by atoms with E-state index in [0.717, 1.165) is 0 Å². The normalized spacial score (nSPS) is 10.1. The Labute approximate surface area is 126 Å². The van der Waals surface area contributed by atoms with Crippen molar-refractivity contribution in [1.29, 1.82) is 5.26 Å². The molecule has 0 aliphatic heterocycles. The largest absolute Gasteiger partial charge is 0.493 e. The third-order valence-corrected chi connectivity index (χ3v) is 3.00. The Bertz CT molecular complexity index is 521. The van der Waals surface area contributed by atoms with E-state index in [1.54, 1.807) is 30.2 Å². The average Bonchev–Trinajstić information content (AvgIpc) is 2.49. The van der Waals surface area contributed by atoms with Crippen molar-refractivity contribution in [1.82, 2.24) is 4.90 Å². The maximum absolute atomic E-state index is 12.6. The Morgan fingerprint density at radius 2 is 1.95 bits per heavy atom. The van der Waals surface area contributed by atoms with Gasteiger partial charge in [-0.3, -0.25) is 4.79 Å². The predicted molar refractivity (Wildman–Crippen MR) is 80.5 cm³/mol. The smallest absolute Gasteiger partial charge is 0.254 e. The van der Waals surface area contributed by atoms with Crippen LogP contribution in [0.1, 0.15) is 30.6 Å². The summed E-state index contributed by atoms with van der Waals surface area (Å²) < 4.78 is 10.4. The van der Waals surface area contributed by atoms with E-state index in [9.17, 15) is 4.79 Å². The number of hydrogen-bond donors (Lipinski definition) is 0. The fraction of sp³-hybridized carbons (Fsp3) is 0.500.